The van der Waals surface area contributed by atoms with Crippen LogP contribution >= 0.6 is 15.9 Å². The van der Waals surface area contributed by atoms with Crippen molar-refractivity contribution in [2.24, 2.45) is 0 Å². The van der Waals surface area contributed by atoms with Crippen molar-refractivity contribution in [1.82, 2.24) is 0 Å². The molecule has 0 radical (unpaired) electrons. The highest BCUT2D eigenvalue weighted by molar-refractivity contribution is 9.10. The summed E-state index contributed by atoms with van der Waals surface area (Å²) in [5.41, 5.74) is -0.213. The van der Waals surface area contributed by atoms with E-state index in [0.29, 0.717) is 12.4 Å². The lowest BCUT2D eigenvalue weighted by Gasteiger charge is -2.25. The van der Waals surface area contributed by atoms with Crippen LogP contribution in [0.5, 0.6) is 0 Å². The van der Waals surface area contributed by atoms with Gasteiger partial charge in [0.15, 0.2) is 0 Å². The van der Waals surface area contributed by atoms with Gasteiger partial charge in [-0.25, -0.2) is 0 Å². The number of benzene rings is 1. The first-order chi connectivity index (χ1) is 7.12. The third-order valence-electron chi connectivity index (χ3n) is 2.58. The fourth-order valence-electron chi connectivity index (χ4n) is 1.75. The first kappa shape index (κ1) is 10.7. The molecule has 0 bridgehead atoms. The van der Waals surface area contributed by atoms with Gasteiger partial charge in [0, 0.05) is 16.5 Å². The van der Waals surface area contributed by atoms with Crippen molar-refractivity contribution in [2.45, 2.75) is 18.9 Å². The van der Waals surface area contributed by atoms with Crippen LogP contribution in [0.2, 0.25) is 0 Å². The molecule has 1 N–H and O–H groups in total. The molecule has 1 heterocycles. The first-order valence-electron chi connectivity index (χ1n) is 4.93. The summed E-state index contributed by atoms with van der Waals surface area (Å²) in [6, 6.07) is 7.64. The molecular formula is C12H13BrO2. The second-order valence-corrected chi connectivity index (χ2v) is 4.61. The Kier molecular flexibility index (Phi) is 2.85. The molecule has 1 aromatic rings. The third kappa shape index (κ3) is 1.94. The van der Waals surface area contributed by atoms with E-state index in [1.807, 2.05) is 30.3 Å². The molecular weight excluding hydrogens is 256 g/mol. The smallest absolute Gasteiger partial charge is 0.144 e. The average molecular weight is 269 g/mol. The second kappa shape index (κ2) is 3.99. The third-order valence-corrected chi connectivity index (χ3v) is 3.27. The summed E-state index contributed by atoms with van der Waals surface area (Å²) in [6.45, 7) is 2.42. The number of hydrogen-bond acceptors (Lipinski definition) is 2. The van der Waals surface area contributed by atoms with E-state index in [4.69, 9.17) is 4.74 Å². The van der Waals surface area contributed by atoms with E-state index < -0.39 is 5.60 Å². The minimum absolute atomic E-state index is 0.648. The highest BCUT2D eigenvalue weighted by Gasteiger charge is 2.33. The SMILES string of the molecule is CC(O)(C1=CCCO1)c1ccccc1Br. The van der Waals surface area contributed by atoms with Crippen molar-refractivity contribution in [1.29, 1.82) is 0 Å². The quantitative estimate of drug-likeness (QED) is 0.894. The Morgan fingerprint density at radius 1 is 1.40 bits per heavy atom. The molecule has 0 spiro atoms. The Morgan fingerprint density at radius 2 is 2.13 bits per heavy atom. The van der Waals surface area contributed by atoms with Crippen LogP contribution in [-0.2, 0) is 10.3 Å². The Balaban J connectivity index is 2.41. The Hall–Kier alpha value is -0.800. The summed E-state index contributed by atoms with van der Waals surface area (Å²) in [5, 5.41) is 10.4. The van der Waals surface area contributed by atoms with Crippen LogP contribution < -0.4 is 0 Å². The van der Waals surface area contributed by atoms with E-state index in [0.717, 1.165) is 16.5 Å². The zero-order valence-corrected chi connectivity index (χ0v) is 10.1. The fourth-order valence-corrected chi connectivity index (χ4v) is 2.42. The van der Waals surface area contributed by atoms with Crippen molar-refractivity contribution >= 4 is 15.9 Å². The van der Waals surface area contributed by atoms with Gasteiger partial charge in [0.1, 0.15) is 11.4 Å². The predicted molar refractivity (Wildman–Crippen MR) is 62.4 cm³/mol. The summed E-state index contributed by atoms with van der Waals surface area (Å²) in [5.74, 6) is 0.648. The molecule has 15 heavy (non-hydrogen) atoms. The number of hydrogen-bond donors (Lipinski definition) is 1. The zero-order valence-electron chi connectivity index (χ0n) is 8.53. The summed E-state index contributed by atoms with van der Waals surface area (Å²) in [6.07, 6.45) is 2.81. The van der Waals surface area contributed by atoms with E-state index in [1.165, 1.54) is 0 Å². The second-order valence-electron chi connectivity index (χ2n) is 3.76. The summed E-state index contributed by atoms with van der Waals surface area (Å²) >= 11 is 3.44. The monoisotopic (exact) mass is 268 g/mol. The largest absolute Gasteiger partial charge is 0.495 e. The number of halogens is 1. The normalized spacial score (nSPS) is 19.3. The molecule has 0 saturated heterocycles. The Labute approximate surface area is 97.7 Å². The molecule has 2 nitrogen and oxygen atoms in total. The topological polar surface area (TPSA) is 29.5 Å². The molecule has 1 aliphatic heterocycles. The van der Waals surface area contributed by atoms with E-state index in [1.54, 1.807) is 6.92 Å². The standard InChI is InChI=1S/C12H13BrO2/c1-12(14,11-7-4-8-15-11)9-5-2-3-6-10(9)13/h2-3,5-7,14H,4,8H2,1H3. The van der Waals surface area contributed by atoms with Crippen LogP contribution in [0.25, 0.3) is 0 Å². The van der Waals surface area contributed by atoms with Gasteiger partial charge in [0.2, 0.25) is 0 Å². The van der Waals surface area contributed by atoms with E-state index in [-0.39, 0.29) is 0 Å². The maximum absolute atomic E-state index is 10.4. The summed E-state index contributed by atoms with van der Waals surface area (Å²) in [7, 11) is 0. The lowest BCUT2D eigenvalue weighted by Crippen LogP contribution is -2.25. The molecule has 0 fully saturated rings. The van der Waals surface area contributed by atoms with Crippen molar-refractivity contribution in [3.8, 4) is 0 Å². The van der Waals surface area contributed by atoms with E-state index in [2.05, 4.69) is 15.9 Å². The van der Waals surface area contributed by atoms with Crippen molar-refractivity contribution in [2.75, 3.05) is 6.61 Å². The van der Waals surface area contributed by atoms with Gasteiger partial charge in [0.25, 0.3) is 0 Å². The van der Waals surface area contributed by atoms with Crippen LogP contribution in [0.4, 0.5) is 0 Å². The lowest BCUT2D eigenvalue weighted by molar-refractivity contribution is 0.0312. The fraction of sp³-hybridized carbons (Fsp3) is 0.333. The Bertz CT molecular complexity index is 396. The lowest BCUT2D eigenvalue weighted by atomic mass is 9.94. The zero-order chi connectivity index (χ0) is 10.9. The molecule has 80 valence electrons. The highest BCUT2D eigenvalue weighted by atomic mass is 79.9. The minimum atomic E-state index is -1.05. The molecule has 1 unspecified atom stereocenters. The molecule has 1 aliphatic rings. The van der Waals surface area contributed by atoms with Gasteiger partial charge in [-0.2, -0.15) is 0 Å². The van der Waals surface area contributed by atoms with Gasteiger partial charge < -0.3 is 9.84 Å². The predicted octanol–water partition coefficient (Wildman–Crippen LogP) is 2.96. The first-order valence-corrected chi connectivity index (χ1v) is 5.72. The van der Waals surface area contributed by atoms with E-state index in [9.17, 15) is 5.11 Å². The minimum Gasteiger partial charge on any atom is -0.495 e. The van der Waals surface area contributed by atoms with Gasteiger partial charge in [-0.3, -0.25) is 0 Å². The molecule has 0 aliphatic carbocycles. The van der Waals surface area contributed by atoms with Crippen LogP contribution in [0.3, 0.4) is 0 Å². The molecule has 0 aromatic heterocycles. The Morgan fingerprint density at radius 3 is 2.73 bits per heavy atom. The van der Waals surface area contributed by atoms with Crippen molar-refractivity contribution in [3.05, 3.63) is 46.1 Å². The molecule has 3 heteroatoms. The van der Waals surface area contributed by atoms with Gasteiger partial charge in [-0.1, -0.05) is 34.1 Å². The van der Waals surface area contributed by atoms with Crippen LogP contribution in [0, 0.1) is 0 Å². The van der Waals surface area contributed by atoms with Crippen molar-refractivity contribution < 1.29 is 9.84 Å². The summed E-state index contributed by atoms with van der Waals surface area (Å²) < 4.78 is 6.31. The maximum atomic E-state index is 10.4. The highest BCUT2D eigenvalue weighted by Crippen LogP contribution is 2.36. The average Bonchev–Trinajstić information content (AvgIpc) is 2.71. The molecule has 0 amide bonds. The summed E-state index contributed by atoms with van der Waals surface area (Å²) in [4.78, 5) is 0. The van der Waals surface area contributed by atoms with E-state index >= 15 is 0 Å². The van der Waals surface area contributed by atoms with Crippen LogP contribution in [-0.4, -0.2) is 11.7 Å². The van der Waals surface area contributed by atoms with Gasteiger partial charge in [-0.05, 0) is 19.1 Å². The number of aliphatic hydroxyl groups is 1. The molecule has 0 saturated carbocycles. The molecule has 1 aromatic carbocycles. The number of ether oxygens (including phenoxy) is 1. The van der Waals surface area contributed by atoms with Crippen molar-refractivity contribution in [3.63, 3.8) is 0 Å². The van der Waals surface area contributed by atoms with Gasteiger partial charge in [0.05, 0.1) is 6.61 Å². The van der Waals surface area contributed by atoms with Gasteiger partial charge in [-0.15, -0.1) is 0 Å². The van der Waals surface area contributed by atoms with Crippen LogP contribution in [0.15, 0.2) is 40.6 Å². The van der Waals surface area contributed by atoms with Crippen LogP contribution in [0.1, 0.15) is 18.9 Å². The van der Waals surface area contributed by atoms with Gasteiger partial charge >= 0.3 is 0 Å². The number of rotatable bonds is 2. The maximum Gasteiger partial charge on any atom is 0.144 e. The molecule has 2 rings (SSSR count). The molecule has 1 atom stereocenters.